The van der Waals surface area contributed by atoms with E-state index < -0.39 is 0 Å². The van der Waals surface area contributed by atoms with Crippen LogP contribution >= 0.6 is 0 Å². The van der Waals surface area contributed by atoms with Crippen molar-refractivity contribution in [3.8, 4) is 0 Å². The highest BCUT2D eigenvalue weighted by Gasteiger charge is 2.06. The van der Waals surface area contributed by atoms with Gasteiger partial charge in [0.25, 0.3) is 0 Å². The van der Waals surface area contributed by atoms with Crippen LogP contribution in [0.2, 0.25) is 0 Å². The first-order chi connectivity index (χ1) is 9.13. The number of anilines is 2. The van der Waals surface area contributed by atoms with Gasteiger partial charge in [0.1, 0.15) is 5.82 Å². The van der Waals surface area contributed by atoms with E-state index in [-0.39, 0.29) is 12.0 Å². The number of nitrogen functional groups attached to an aromatic ring is 1. The molecule has 2 aromatic rings. The van der Waals surface area contributed by atoms with Gasteiger partial charge >= 0.3 is 0 Å². The Balaban J connectivity index is 1.89. The lowest BCUT2D eigenvalue weighted by Crippen LogP contribution is -2.19. The third kappa shape index (κ3) is 4.21. The Bertz CT molecular complexity index is 506. The number of nitrogens with zero attached hydrogens (tertiary/aromatic N) is 3. The number of aryl methyl sites for hydroxylation is 2. The summed E-state index contributed by atoms with van der Waals surface area (Å²) in [7, 11) is 0. The fourth-order valence-corrected chi connectivity index (χ4v) is 1.89. The zero-order chi connectivity index (χ0) is 13.7. The molecule has 0 saturated carbocycles. The first kappa shape index (κ1) is 13.3. The molecule has 5 nitrogen and oxygen atoms in total. The molecule has 3 N–H and O–H groups in total. The van der Waals surface area contributed by atoms with Crippen LogP contribution in [0.3, 0.4) is 0 Å². The van der Waals surface area contributed by atoms with E-state index in [2.05, 4.69) is 51.5 Å². The van der Waals surface area contributed by atoms with Crippen molar-refractivity contribution < 1.29 is 0 Å². The normalized spacial score (nSPS) is 12.1. The van der Waals surface area contributed by atoms with Gasteiger partial charge in [-0.3, -0.25) is 0 Å². The monoisotopic (exact) mass is 257 g/mol. The minimum atomic E-state index is 0.255. The number of aromatic nitrogens is 3. The number of nitrogens with one attached hydrogen (secondary N) is 1. The third-order valence-electron chi connectivity index (χ3n) is 2.85. The summed E-state index contributed by atoms with van der Waals surface area (Å²) in [6, 6.07) is 10.7. The minimum absolute atomic E-state index is 0.255. The van der Waals surface area contributed by atoms with Crippen LogP contribution in [-0.4, -0.2) is 21.0 Å². The van der Waals surface area contributed by atoms with Gasteiger partial charge in [0.15, 0.2) is 0 Å². The van der Waals surface area contributed by atoms with E-state index in [1.54, 1.807) is 6.92 Å². The van der Waals surface area contributed by atoms with Crippen molar-refractivity contribution in [2.24, 2.45) is 0 Å². The second kappa shape index (κ2) is 6.13. The molecule has 1 heterocycles. The first-order valence-corrected chi connectivity index (χ1v) is 6.42. The van der Waals surface area contributed by atoms with E-state index in [1.165, 1.54) is 5.56 Å². The van der Waals surface area contributed by atoms with Gasteiger partial charge in [0, 0.05) is 6.04 Å². The standard InChI is InChI=1S/C14H19N5/c1-10(8-9-12-6-4-3-5-7-12)16-14-18-11(2)17-13(15)19-14/h3-7,10H,8-9H2,1-2H3,(H3,15,16,17,18,19)/t10-/m1/s1. The summed E-state index contributed by atoms with van der Waals surface area (Å²) >= 11 is 0. The van der Waals surface area contributed by atoms with Crippen LogP contribution in [0.15, 0.2) is 30.3 Å². The number of hydrogen-bond acceptors (Lipinski definition) is 5. The lowest BCUT2D eigenvalue weighted by Gasteiger charge is -2.14. The maximum absolute atomic E-state index is 5.60. The van der Waals surface area contributed by atoms with E-state index in [0.717, 1.165) is 12.8 Å². The molecule has 0 fully saturated rings. The maximum atomic E-state index is 5.60. The molecular formula is C14H19N5. The first-order valence-electron chi connectivity index (χ1n) is 6.42. The second-order valence-corrected chi connectivity index (χ2v) is 4.63. The zero-order valence-corrected chi connectivity index (χ0v) is 11.3. The van der Waals surface area contributed by atoms with Gasteiger partial charge in [0.05, 0.1) is 0 Å². The predicted octanol–water partition coefficient (Wildman–Crippen LogP) is 2.20. The SMILES string of the molecule is Cc1nc(N)nc(N[C@H](C)CCc2ccccc2)n1. The summed E-state index contributed by atoms with van der Waals surface area (Å²) in [6.07, 6.45) is 2.03. The summed E-state index contributed by atoms with van der Waals surface area (Å²) in [5, 5.41) is 3.25. The van der Waals surface area contributed by atoms with E-state index >= 15 is 0 Å². The Morgan fingerprint density at radius 2 is 1.89 bits per heavy atom. The summed E-state index contributed by atoms with van der Waals surface area (Å²) in [6.45, 7) is 3.91. The van der Waals surface area contributed by atoms with Gasteiger partial charge in [-0.05, 0) is 32.3 Å². The highest BCUT2D eigenvalue weighted by molar-refractivity contribution is 5.31. The molecule has 1 aromatic heterocycles. The van der Waals surface area contributed by atoms with Crippen molar-refractivity contribution in [2.45, 2.75) is 32.7 Å². The highest BCUT2D eigenvalue weighted by atomic mass is 15.2. The average Bonchev–Trinajstić information content (AvgIpc) is 2.36. The van der Waals surface area contributed by atoms with Crippen LogP contribution in [0.5, 0.6) is 0 Å². The van der Waals surface area contributed by atoms with E-state index in [4.69, 9.17) is 5.73 Å². The van der Waals surface area contributed by atoms with Crippen LogP contribution in [0.25, 0.3) is 0 Å². The Kier molecular flexibility index (Phi) is 4.28. The fourth-order valence-electron chi connectivity index (χ4n) is 1.89. The highest BCUT2D eigenvalue weighted by Crippen LogP contribution is 2.09. The Labute approximate surface area is 113 Å². The van der Waals surface area contributed by atoms with Gasteiger partial charge < -0.3 is 11.1 Å². The van der Waals surface area contributed by atoms with Gasteiger partial charge in [-0.1, -0.05) is 30.3 Å². The Hall–Kier alpha value is -2.17. The summed E-state index contributed by atoms with van der Waals surface area (Å²) in [4.78, 5) is 12.2. The second-order valence-electron chi connectivity index (χ2n) is 4.63. The van der Waals surface area contributed by atoms with Crippen molar-refractivity contribution in [3.05, 3.63) is 41.7 Å². The Morgan fingerprint density at radius 3 is 2.58 bits per heavy atom. The average molecular weight is 257 g/mol. The zero-order valence-electron chi connectivity index (χ0n) is 11.3. The molecule has 0 amide bonds. The largest absolute Gasteiger partial charge is 0.368 e. The molecule has 0 bridgehead atoms. The smallest absolute Gasteiger partial charge is 0.227 e. The molecule has 5 heteroatoms. The molecule has 2 rings (SSSR count). The molecule has 100 valence electrons. The summed E-state index contributed by atoms with van der Waals surface area (Å²) in [5.74, 6) is 1.43. The molecule has 0 aliphatic carbocycles. The third-order valence-corrected chi connectivity index (χ3v) is 2.85. The van der Waals surface area contributed by atoms with Crippen molar-refractivity contribution in [3.63, 3.8) is 0 Å². The maximum Gasteiger partial charge on any atom is 0.227 e. The van der Waals surface area contributed by atoms with E-state index in [0.29, 0.717) is 11.8 Å². The van der Waals surface area contributed by atoms with E-state index in [1.807, 2.05) is 6.07 Å². The molecule has 19 heavy (non-hydrogen) atoms. The molecule has 1 atom stereocenters. The molecule has 0 aliphatic rings. The number of nitrogens with two attached hydrogens (primary N) is 1. The van der Waals surface area contributed by atoms with Gasteiger partial charge in [-0.2, -0.15) is 15.0 Å². The predicted molar refractivity (Wildman–Crippen MR) is 76.8 cm³/mol. The molecule has 1 aromatic carbocycles. The quantitative estimate of drug-likeness (QED) is 0.858. The number of rotatable bonds is 5. The van der Waals surface area contributed by atoms with Crippen LogP contribution in [-0.2, 0) is 6.42 Å². The van der Waals surface area contributed by atoms with Crippen molar-refractivity contribution >= 4 is 11.9 Å². The van der Waals surface area contributed by atoms with Crippen LogP contribution in [0, 0.1) is 6.92 Å². The molecule has 0 aliphatic heterocycles. The lowest BCUT2D eigenvalue weighted by atomic mass is 10.1. The molecule has 0 spiro atoms. The molecule has 0 unspecified atom stereocenters. The van der Waals surface area contributed by atoms with Gasteiger partial charge in [-0.25, -0.2) is 0 Å². The minimum Gasteiger partial charge on any atom is -0.368 e. The summed E-state index contributed by atoms with van der Waals surface area (Å²) < 4.78 is 0. The van der Waals surface area contributed by atoms with Gasteiger partial charge in [-0.15, -0.1) is 0 Å². The van der Waals surface area contributed by atoms with E-state index in [9.17, 15) is 0 Å². The van der Waals surface area contributed by atoms with Crippen molar-refractivity contribution in [1.29, 1.82) is 0 Å². The van der Waals surface area contributed by atoms with Crippen molar-refractivity contribution in [2.75, 3.05) is 11.1 Å². The van der Waals surface area contributed by atoms with Crippen molar-refractivity contribution in [1.82, 2.24) is 15.0 Å². The number of benzene rings is 1. The molecule has 0 radical (unpaired) electrons. The summed E-state index contributed by atoms with van der Waals surface area (Å²) in [5.41, 5.74) is 6.93. The van der Waals surface area contributed by atoms with Crippen LogP contribution < -0.4 is 11.1 Å². The fraction of sp³-hybridized carbons (Fsp3) is 0.357. The topological polar surface area (TPSA) is 76.7 Å². The molecule has 0 saturated heterocycles. The van der Waals surface area contributed by atoms with Crippen LogP contribution in [0.4, 0.5) is 11.9 Å². The van der Waals surface area contributed by atoms with Gasteiger partial charge in [0.2, 0.25) is 11.9 Å². The van der Waals surface area contributed by atoms with Crippen LogP contribution in [0.1, 0.15) is 24.7 Å². The number of hydrogen-bond donors (Lipinski definition) is 2. The lowest BCUT2D eigenvalue weighted by molar-refractivity contribution is 0.697. The molecular weight excluding hydrogens is 238 g/mol. The Morgan fingerprint density at radius 1 is 1.16 bits per heavy atom.